The van der Waals surface area contributed by atoms with Crippen LogP contribution in [-0.2, 0) is 4.74 Å². The number of rotatable bonds is 1. The maximum atomic E-state index is 11.2. The van der Waals surface area contributed by atoms with Crippen molar-refractivity contribution in [1.82, 2.24) is 15.2 Å². The predicted octanol–water partition coefficient (Wildman–Crippen LogP) is 0.744. The summed E-state index contributed by atoms with van der Waals surface area (Å²) in [6.07, 6.45) is 3.21. The minimum absolute atomic E-state index is 0.292. The molecule has 2 rings (SSSR count). The summed E-state index contributed by atoms with van der Waals surface area (Å²) in [5, 5.41) is 7.24. The van der Waals surface area contributed by atoms with Gasteiger partial charge < -0.3 is 4.74 Å². The quantitative estimate of drug-likeness (QED) is 0.652. The first kappa shape index (κ1) is 7.72. The van der Waals surface area contributed by atoms with Crippen LogP contribution in [0.25, 0.3) is 10.9 Å². The van der Waals surface area contributed by atoms with Crippen molar-refractivity contribution in [2.75, 3.05) is 7.11 Å². The van der Waals surface area contributed by atoms with E-state index in [1.807, 2.05) is 0 Å². The molecule has 0 aliphatic carbocycles. The maximum absolute atomic E-state index is 11.2. The number of H-pyrrole nitrogens is 1. The lowest BCUT2D eigenvalue weighted by Gasteiger charge is -1.92. The van der Waals surface area contributed by atoms with Gasteiger partial charge in [0.25, 0.3) is 0 Å². The molecule has 2 aromatic heterocycles. The average Bonchev–Trinajstić information content (AvgIpc) is 2.60. The van der Waals surface area contributed by atoms with Gasteiger partial charge in [-0.2, -0.15) is 5.10 Å². The number of pyridine rings is 1. The Morgan fingerprint density at radius 3 is 3.23 bits per heavy atom. The Labute approximate surface area is 73.7 Å². The number of carbonyl (C=O) groups is 1. The molecule has 13 heavy (non-hydrogen) atoms. The molecule has 0 bridgehead atoms. The fraction of sp³-hybridized carbons (Fsp3) is 0.125. The van der Waals surface area contributed by atoms with Crippen LogP contribution in [0.5, 0.6) is 0 Å². The summed E-state index contributed by atoms with van der Waals surface area (Å²) in [5.74, 6) is -0.447. The average molecular weight is 177 g/mol. The zero-order chi connectivity index (χ0) is 9.26. The number of aromatic amines is 1. The fourth-order valence-corrected chi connectivity index (χ4v) is 1.12. The van der Waals surface area contributed by atoms with E-state index in [0.29, 0.717) is 5.69 Å². The number of esters is 1. The van der Waals surface area contributed by atoms with Crippen LogP contribution in [0.4, 0.5) is 0 Å². The first-order chi connectivity index (χ1) is 6.33. The fourth-order valence-electron chi connectivity index (χ4n) is 1.12. The van der Waals surface area contributed by atoms with Gasteiger partial charge in [0, 0.05) is 11.6 Å². The van der Waals surface area contributed by atoms with Gasteiger partial charge in [-0.1, -0.05) is 0 Å². The molecule has 2 heterocycles. The Bertz CT molecular complexity index is 449. The van der Waals surface area contributed by atoms with E-state index in [1.165, 1.54) is 7.11 Å². The van der Waals surface area contributed by atoms with Crippen LogP contribution in [0.1, 0.15) is 10.5 Å². The topological polar surface area (TPSA) is 67.9 Å². The summed E-state index contributed by atoms with van der Waals surface area (Å²) in [6, 6.07) is 1.71. The Morgan fingerprint density at radius 2 is 2.46 bits per heavy atom. The van der Waals surface area contributed by atoms with Gasteiger partial charge in [-0.25, -0.2) is 4.79 Å². The third-order valence-electron chi connectivity index (χ3n) is 1.74. The standard InChI is InChI=1S/C8H7N3O2/c1-13-8(12)7-5-2-3-9-4-6(5)10-11-7/h2-4H,1H3,(H,10,11). The largest absolute Gasteiger partial charge is 0.464 e. The van der Waals surface area contributed by atoms with E-state index in [1.54, 1.807) is 18.5 Å². The van der Waals surface area contributed by atoms with E-state index in [-0.39, 0.29) is 0 Å². The highest BCUT2D eigenvalue weighted by molar-refractivity contribution is 6.01. The molecule has 0 unspecified atom stereocenters. The lowest BCUT2D eigenvalue weighted by Crippen LogP contribution is -2.01. The predicted molar refractivity (Wildman–Crippen MR) is 45.2 cm³/mol. The molecule has 5 heteroatoms. The van der Waals surface area contributed by atoms with Crippen LogP contribution in [0.3, 0.4) is 0 Å². The van der Waals surface area contributed by atoms with Crippen molar-refractivity contribution in [3.8, 4) is 0 Å². The van der Waals surface area contributed by atoms with E-state index in [4.69, 9.17) is 0 Å². The van der Waals surface area contributed by atoms with E-state index in [9.17, 15) is 4.79 Å². The van der Waals surface area contributed by atoms with Crippen molar-refractivity contribution < 1.29 is 9.53 Å². The lowest BCUT2D eigenvalue weighted by molar-refractivity contribution is 0.0596. The van der Waals surface area contributed by atoms with Gasteiger partial charge in [-0.15, -0.1) is 0 Å². The zero-order valence-corrected chi connectivity index (χ0v) is 6.94. The molecule has 1 N–H and O–H groups in total. The Kier molecular flexibility index (Phi) is 1.70. The van der Waals surface area contributed by atoms with Crippen LogP contribution in [0.2, 0.25) is 0 Å². The van der Waals surface area contributed by atoms with Gasteiger partial charge in [0.1, 0.15) is 0 Å². The van der Waals surface area contributed by atoms with Gasteiger partial charge in [-0.3, -0.25) is 10.1 Å². The minimum atomic E-state index is -0.447. The van der Waals surface area contributed by atoms with Gasteiger partial charge in [-0.05, 0) is 6.07 Å². The molecular weight excluding hydrogens is 170 g/mol. The van der Waals surface area contributed by atoms with Crippen molar-refractivity contribution in [2.45, 2.75) is 0 Å². The Hall–Kier alpha value is -1.91. The molecule has 5 nitrogen and oxygen atoms in total. The highest BCUT2D eigenvalue weighted by Gasteiger charge is 2.13. The second kappa shape index (κ2) is 2.85. The zero-order valence-electron chi connectivity index (χ0n) is 6.94. The number of fused-ring (bicyclic) bond motifs is 1. The van der Waals surface area contributed by atoms with Crippen LogP contribution < -0.4 is 0 Å². The van der Waals surface area contributed by atoms with Crippen molar-refractivity contribution in [3.63, 3.8) is 0 Å². The minimum Gasteiger partial charge on any atom is -0.464 e. The summed E-state index contributed by atoms with van der Waals surface area (Å²) in [5.41, 5.74) is 1.02. The molecule has 0 amide bonds. The number of hydrogen-bond acceptors (Lipinski definition) is 4. The molecule has 0 aromatic carbocycles. The molecule has 0 saturated carbocycles. The molecule has 0 radical (unpaired) electrons. The van der Waals surface area contributed by atoms with Crippen molar-refractivity contribution >= 4 is 16.9 Å². The SMILES string of the molecule is COC(=O)c1n[nH]c2cnccc12. The lowest BCUT2D eigenvalue weighted by atomic mass is 10.2. The van der Waals surface area contributed by atoms with Crippen LogP contribution in [0, 0.1) is 0 Å². The summed E-state index contributed by atoms with van der Waals surface area (Å²) < 4.78 is 4.56. The summed E-state index contributed by atoms with van der Waals surface area (Å²) in [6.45, 7) is 0. The number of carbonyl (C=O) groups excluding carboxylic acids is 1. The third kappa shape index (κ3) is 1.14. The van der Waals surface area contributed by atoms with E-state index in [0.717, 1.165) is 10.9 Å². The number of nitrogens with one attached hydrogen (secondary N) is 1. The molecule has 0 aliphatic rings. The maximum Gasteiger partial charge on any atom is 0.359 e. The van der Waals surface area contributed by atoms with E-state index >= 15 is 0 Å². The van der Waals surface area contributed by atoms with Crippen LogP contribution in [0.15, 0.2) is 18.5 Å². The first-order valence-electron chi connectivity index (χ1n) is 3.69. The summed E-state index contributed by atoms with van der Waals surface area (Å²) >= 11 is 0. The van der Waals surface area contributed by atoms with Gasteiger partial charge in [0.15, 0.2) is 5.69 Å². The molecule has 0 saturated heterocycles. The summed E-state index contributed by atoms with van der Waals surface area (Å²) in [7, 11) is 1.32. The van der Waals surface area contributed by atoms with Crippen molar-refractivity contribution in [1.29, 1.82) is 0 Å². The van der Waals surface area contributed by atoms with Gasteiger partial charge in [0.2, 0.25) is 0 Å². The molecule has 0 spiro atoms. The monoisotopic (exact) mass is 177 g/mol. The van der Waals surface area contributed by atoms with Crippen LogP contribution in [-0.4, -0.2) is 28.3 Å². The molecule has 0 atom stereocenters. The smallest absolute Gasteiger partial charge is 0.359 e. The number of aromatic nitrogens is 3. The van der Waals surface area contributed by atoms with Gasteiger partial charge >= 0.3 is 5.97 Å². The van der Waals surface area contributed by atoms with E-state index < -0.39 is 5.97 Å². The van der Waals surface area contributed by atoms with E-state index in [2.05, 4.69) is 19.9 Å². The second-order valence-corrected chi connectivity index (χ2v) is 2.49. The molecule has 2 aromatic rings. The number of ether oxygens (including phenoxy) is 1. The molecule has 0 fully saturated rings. The highest BCUT2D eigenvalue weighted by atomic mass is 16.5. The second-order valence-electron chi connectivity index (χ2n) is 2.49. The third-order valence-corrected chi connectivity index (χ3v) is 1.74. The highest BCUT2D eigenvalue weighted by Crippen LogP contribution is 2.13. The number of methoxy groups -OCH3 is 1. The Morgan fingerprint density at radius 1 is 1.62 bits per heavy atom. The van der Waals surface area contributed by atoms with Crippen molar-refractivity contribution in [2.24, 2.45) is 0 Å². The van der Waals surface area contributed by atoms with Gasteiger partial charge in [0.05, 0.1) is 18.8 Å². The molecule has 66 valence electrons. The Balaban J connectivity index is 2.64. The van der Waals surface area contributed by atoms with Crippen LogP contribution >= 0.6 is 0 Å². The number of hydrogen-bond donors (Lipinski definition) is 1. The number of nitrogens with zero attached hydrogens (tertiary/aromatic N) is 2. The molecular formula is C8H7N3O2. The normalized spacial score (nSPS) is 10.2. The van der Waals surface area contributed by atoms with Crippen molar-refractivity contribution in [3.05, 3.63) is 24.2 Å². The summed E-state index contributed by atoms with van der Waals surface area (Å²) in [4.78, 5) is 15.1. The first-order valence-corrected chi connectivity index (χ1v) is 3.69. The molecule has 0 aliphatic heterocycles.